The smallest absolute Gasteiger partial charge is 0.303 e. The number of aryl methyl sites for hydroxylation is 1. The van der Waals surface area contributed by atoms with Crippen molar-refractivity contribution in [1.82, 2.24) is 9.55 Å². The van der Waals surface area contributed by atoms with Crippen molar-refractivity contribution in [2.24, 2.45) is 0 Å². The molecule has 0 aliphatic heterocycles. The second kappa shape index (κ2) is 6.18. The molecule has 0 aromatic carbocycles. The number of ether oxygens (including phenoxy) is 1. The van der Waals surface area contributed by atoms with Crippen LogP contribution in [0.25, 0.3) is 0 Å². The fourth-order valence-corrected chi connectivity index (χ4v) is 1.60. The first-order chi connectivity index (χ1) is 8.06. The maximum Gasteiger partial charge on any atom is 0.303 e. The number of esters is 1. The molecule has 0 radical (unpaired) electrons. The second-order valence-electron chi connectivity index (χ2n) is 3.90. The molecule has 0 amide bonds. The summed E-state index contributed by atoms with van der Waals surface area (Å²) < 4.78 is 6.41. The van der Waals surface area contributed by atoms with Gasteiger partial charge in [0.05, 0.1) is 11.9 Å². The van der Waals surface area contributed by atoms with Crippen LogP contribution in [-0.4, -0.2) is 21.4 Å². The minimum atomic E-state index is -0.364. The summed E-state index contributed by atoms with van der Waals surface area (Å²) in [6.45, 7) is 5.00. The lowest BCUT2D eigenvalue weighted by Gasteiger charge is -2.07. The molecule has 94 valence electrons. The van der Waals surface area contributed by atoms with Crippen molar-refractivity contribution < 1.29 is 14.3 Å². The molecule has 0 bridgehead atoms. The van der Waals surface area contributed by atoms with Crippen LogP contribution < -0.4 is 0 Å². The fraction of sp³-hybridized carbons (Fsp3) is 0.583. The Morgan fingerprint density at radius 1 is 1.41 bits per heavy atom. The Hall–Kier alpha value is -1.65. The van der Waals surface area contributed by atoms with Crippen LogP contribution in [0, 0.1) is 0 Å². The van der Waals surface area contributed by atoms with Gasteiger partial charge in [0.1, 0.15) is 12.4 Å². The minimum Gasteiger partial charge on any atom is -0.459 e. The van der Waals surface area contributed by atoms with Crippen LogP contribution in [-0.2, 0) is 22.6 Å². The maximum absolute atomic E-state index is 11.5. The molecule has 1 rings (SSSR count). The van der Waals surface area contributed by atoms with Gasteiger partial charge < -0.3 is 4.74 Å². The zero-order valence-electron chi connectivity index (χ0n) is 10.5. The summed E-state index contributed by atoms with van der Waals surface area (Å²) in [6.07, 6.45) is 4.38. The number of nitrogens with zero attached hydrogens (tertiary/aromatic N) is 2. The molecule has 0 fully saturated rings. The van der Waals surface area contributed by atoms with E-state index in [1.54, 1.807) is 6.20 Å². The molecule has 0 aliphatic rings. The van der Waals surface area contributed by atoms with Gasteiger partial charge in [0.2, 0.25) is 5.91 Å². The van der Waals surface area contributed by atoms with E-state index in [9.17, 15) is 9.59 Å². The molecule has 1 heterocycles. The predicted molar refractivity (Wildman–Crippen MR) is 62.6 cm³/mol. The van der Waals surface area contributed by atoms with E-state index in [1.165, 1.54) is 18.4 Å². The van der Waals surface area contributed by atoms with Crippen LogP contribution in [0.3, 0.4) is 0 Å². The standard InChI is InChI=1S/C12H18N2O3/c1-4-5-6-12-13-7-11(8-17-10(3)16)14(12)9(2)15/h7H,4-6,8H2,1-3H3. The molecule has 17 heavy (non-hydrogen) atoms. The molecule has 5 heteroatoms. The Labute approximate surface area is 101 Å². The van der Waals surface area contributed by atoms with Gasteiger partial charge in [-0.05, 0) is 6.42 Å². The van der Waals surface area contributed by atoms with Crippen LogP contribution in [0.4, 0.5) is 0 Å². The Bertz CT molecular complexity index is 410. The van der Waals surface area contributed by atoms with Crippen LogP contribution in [0.15, 0.2) is 6.20 Å². The van der Waals surface area contributed by atoms with E-state index in [0.29, 0.717) is 5.69 Å². The zero-order chi connectivity index (χ0) is 12.8. The summed E-state index contributed by atoms with van der Waals surface area (Å²) in [5, 5.41) is 0. The highest BCUT2D eigenvalue weighted by molar-refractivity contribution is 5.77. The molecule has 1 aromatic heterocycles. The van der Waals surface area contributed by atoms with Gasteiger partial charge in [-0.2, -0.15) is 0 Å². The van der Waals surface area contributed by atoms with E-state index in [2.05, 4.69) is 11.9 Å². The minimum absolute atomic E-state index is 0.0913. The zero-order valence-corrected chi connectivity index (χ0v) is 10.5. The SMILES string of the molecule is CCCCc1ncc(COC(C)=O)n1C(C)=O. The van der Waals surface area contributed by atoms with Gasteiger partial charge in [-0.25, -0.2) is 4.98 Å². The van der Waals surface area contributed by atoms with Crippen molar-refractivity contribution in [1.29, 1.82) is 0 Å². The number of imidazole rings is 1. The largest absolute Gasteiger partial charge is 0.459 e. The Balaban J connectivity index is 2.86. The number of aromatic nitrogens is 2. The van der Waals surface area contributed by atoms with E-state index in [4.69, 9.17) is 4.74 Å². The number of hydrogen-bond donors (Lipinski definition) is 0. The van der Waals surface area contributed by atoms with Gasteiger partial charge in [0.25, 0.3) is 0 Å². The highest BCUT2D eigenvalue weighted by Gasteiger charge is 2.13. The van der Waals surface area contributed by atoms with Crippen molar-refractivity contribution >= 4 is 11.9 Å². The quantitative estimate of drug-likeness (QED) is 0.735. The lowest BCUT2D eigenvalue weighted by molar-refractivity contribution is -0.142. The average molecular weight is 238 g/mol. The van der Waals surface area contributed by atoms with Gasteiger partial charge in [-0.1, -0.05) is 13.3 Å². The number of rotatable bonds is 5. The van der Waals surface area contributed by atoms with Gasteiger partial charge in [0, 0.05) is 20.3 Å². The monoisotopic (exact) mass is 238 g/mol. The third kappa shape index (κ3) is 3.69. The molecule has 0 aliphatic carbocycles. The first-order valence-electron chi connectivity index (χ1n) is 5.76. The molecular formula is C12H18N2O3. The normalized spacial score (nSPS) is 10.3. The van der Waals surface area contributed by atoms with Crippen molar-refractivity contribution in [2.45, 2.75) is 46.6 Å². The number of carbonyl (C=O) groups is 2. The van der Waals surface area contributed by atoms with Crippen LogP contribution in [0.5, 0.6) is 0 Å². The van der Waals surface area contributed by atoms with E-state index in [0.717, 1.165) is 25.1 Å². The molecule has 0 saturated carbocycles. The van der Waals surface area contributed by atoms with Crippen molar-refractivity contribution in [3.05, 3.63) is 17.7 Å². The lowest BCUT2D eigenvalue weighted by Crippen LogP contribution is -2.15. The average Bonchev–Trinajstić information content (AvgIpc) is 2.66. The van der Waals surface area contributed by atoms with Gasteiger partial charge >= 0.3 is 5.97 Å². The third-order valence-corrected chi connectivity index (χ3v) is 2.40. The molecule has 0 unspecified atom stereocenters. The third-order valence-electron chi connectivity index (χ3n) is 2.40. The first kappa shape index (κ1) is 13.4. The van der Waals surface area contributed by atoms with E-state index >= 15 is 0 Å². The highest BCUT2D eigenvalue weighted by Crippen LogP contribution is 2.10. The predicted octanol–water partition coefficient (Wildman–Crippen LogP) is 1.95. The van der Waals surface area contributed by atoms with E-state index < -0.39 is 0 Å². The summed E-state index contributed by atoms with van der Waals surface area (Å²) in [7, 11) is 0. The number of carbonyl (C=O) groups excluding carboxylic acids is 2. The van der Waals surface area contributed by atoms with Gasteiger partial charge in [-0.3, -0.25) is 14.2 Å². The summed E-state index contributed by atoms with van der Waals surface area (Å²) >= 11 is 0. The molecule has 5 nitrogen and oxygen atoms in total. The van der Waals surface area contributed by atoms with E-state index in [1.807, 2.05) is 0 Å². The molecule has 1 aromatic rings. The second-order valence-corrected chi connectivity index (χ2v) is 3.90. The van der Waals surface area contributed by atoms with Gasteiger partial charge in [-0.15, -0.1) is 0 Å². The number of hydrogen-bond acceptors (Lipinski definition) is 4. The number of unbranched alkanes of at least 4 members (excludes halogenated alkanes) is 1. The maximum atomic E-state index is 11.5. The van der Waals surface area contributed by atoms with Crippen LogP contribution >= 0.6 is 0 Å². The summed E-state index contributed by atoms with van der Waals surface area (Å²) in [6, 6.07) is 0. The summed E-state index contributed by atoms with van der Waals surface area (Å²) in [5.41, 5.74) is 0.624. The Morgan fingerprint density at radius 3 is 2.65 bits per heavy atom. The van der Waals surface area contributed by atoms with Gasteiger partial charge in [0.15, 0.2) is 0 Å². The molecular weight excluding hydrogens is 220 g/mol. The molecule has 0 saturated heterocycles. The summed E-state index contributed by atoms with van der Waals surface area (Å²) in [5.74, 6) is 0.272. The summed E-state index contributed by atoms with van der Waals surface area (Å²) in [4.78, 5) is 26.5. The Morgan fingerprint density at radius 2 is 2.12 bits per heavy atom. The Kier molecular flexibility index (Phi) is 4.87. The van der Waals surface area contributed by atoms with Crippen LogP contribution in [0.2, 0.25) is 0 Å². The van der Waals surface area contributed by atoms with Crippen LogP contribution in [0.1, 0.15) is 49.9 Å². The van der Waals surface area contributed by atoms with Crippen molar-refractivity contribution in [3.63, 3.8) is 0 Å². The fourth-order valence-electron chi connectivity index (χ4n) is 1.60. The van der Waals surface area contributed by atoms with E-state index in [-0.39, 0.29) is 18.5 Å². The molecule has 0 spiro atoms. The first-order valence-corrected chi connectivity index (χ1v) is 5.76. The lowest BCUT2D eigenvalue weighted by atomic mass is 10.2. The molecule has 0 N–H and O–H groups in total. The molecule has 0 atom stereocenters. The topological polar surface area (TPSA) is 61.2 Å². The van der Waals surface area contributed by atoms with Crippen molar-refractivity contribution in [3.8, 4) is 0 Å². The van der Waals surface area contributed by atoms with Crippen molar-refractivity contribution in [2.75, 3.05) is 0 Å². The highest BCUT2D eigenvalue weighted by atomic mass is 16.5.